The lowest BCUT2D eigenvalue weighted by molar-refractivity contribution is 0.474. The minimum absolute atomic E-state index is 0.162. The van der Waals surface area contributed by atoms with Gasteiger partial charge in [0.15, 0.2) is 0 Å². The van der Waals surface area contributed by atoms with E-state index >= 15 is 0 Å². The van der Waals surface area contributed by atoms with Crippen LogP contribution in [0, 0.1) is 5.82 Å². The van der Waals surface area contributed by atoms with Crippen LogP contribution in [0.1, 0.15) is 5.56 Å². The van der Waals surface area contributed by atoms with Gasteiger partial charge in [-0.15, -0.1) is 0 Å². The zero-order valence-corrected chi connectivity index (χ0v) is 10.4. The molecule has 0 amide bonds. The van der Waals surface area contributed by atoms with Crippen molar-refractivity contribution in [2.45, 2.75) is 0 Å². The Morgan fingerprint density at radius 3 is 2.65 bits per heavy atom. The minimum Gasteiger partial charge on any atom is -0.507 e. The summed E-state index contributed by atoms with van der Waals surface area (Å²) in [6, 6.07) is 11.1. The van der Waals surface area contributed by atoms with Gasteiger partial charge in [-0.05, 0) is 46.3 Å². The highest BCUT2D eigenvalue weighted by molar-refractivity contribution is 9.10. The van der Waals surface area contributed by atoms with Crippen LogP contribution >= 0.6 is 15.9 Å². The van der Waals surface area contributed by atoms with Crippen molar-refractivity contribution in [2.75, 3.05) is 0 Å². The van der Waals surface area contributed by atoms with Gasteiger partial charge in [-0.25, -0.2) is 4.39 Å². The molecule has 0 aliphatic carbocycles. The molecule has 86 valence electrons. The summed E-state index contributed by atoms with van der Waals surface area (Å²) < 4.78 is 13.4. The molecule has 0 spiro atoms. The molecule has 4 heteroatoms. The Bertz CT molecular complexity index is 569. The molecule has 0 fully saturated rings. The van der Waals surface area contributed by atoms with E-state index in [0.717, 1.165) is 0 Å². The lowest BCUT2D eigenvalue weighted by Gasteiger charge is -1.99. The van der Waals surface area contributed by atoms with Crippen LogP contribution in [0.25, 0.3) is 0 Å². The molecule has 0 aromatic heterocycles. The number of rotatable bonds is 2. The highest BCUT2D eigenvalue weighted by atomic mass is 79.9. The average Bonchev–Trinajstić information content (AvgIpc) is 2.30. The van der Waals surface area contributed by atoms with Crippen LogP contribution < -0.4 is 0 Å². The van der Waals surface area contributed by atoms with Crippen molar-refractivity contribution in [3.8, 4) is 5.75 Å². The van der Waals surface area contributed by atoms with Crippen LogP contribution in [0.15, 0.2) is 51.9 Å². The number of phenols is 1. The number of para-hydroxylation sites is 1. The first-order chi connectivity index (χ1) is 8.16. The highest BCUT2D eigenvalue weighted by Gasteiger charge is 2.00. The van der Waals surface area contributed by atoms with E-state index in [-0.39, 0.29) is 11.6 Å². The number of phenolic OH excluding ortho intramolecular Hbond substituents is 1. The molecule has 0 saturated heterocycles. The van der Waals surface area contributed by atoms with Gasteiger partial charge in [-0.3, -0.25) is 4.99 Å². The Balaban J connectivity index is 2.29. The van der Waals surface area contributed by atoms with Gasteiger partial charge in [-0.1, -0.05) is 12.1 Å². The van der Waals surface area contributed by atoms with Gasteiger partial charge in [-0.2, -0.15) is 0 Å². The summed E-state index contributed by atoms with van der Waals surface area (Å²) in [6.07, 6.45) is 1.54. The Morgan fingerprint density at radius 2 is 1.94 bits per heavy atom. The van der Waals surface area contributed by atoms with Gasteiger partial charge in [0.25, 0.3) is 0 Å². The standard InChI is InChI=1S/C13H9BrFNO/c14-11-7-10(15)5-6-12(11)16-8-9-3-1-2-4-13(9)17/h1-8,17H. The highest BCUT2D eigenvalue weighted by Crippen LogP contribution is 2.26. The number of aliphatic imine (C=N–C) groups is 1. The quantitative estimate of drug-likeness (QED) is 0.833. The first kappa shape index (κ1) is 11.8. The minimum atomic E-state index is -0.321. The Hall–Kier alpha value is -1.68. The molecule has 0 aliphatic rings. The summed E-state index contributed by atoms with van der Waals surface area (Å²) >= 11 is 3.22. The van der Waals surface area contributed by atoms with E-state index in [1.165, 1.54) is 18.3 Å². The number of nitrogens with zero attached hydrogens (tertiary/aromatic N) is 1. The largest absolute Gasteiger partial charge is 0.507 e. The predicted molar refractivity (Wildman–Crippen MR) is 69.5 cm³/mol. The van der Waals surface area contributed by atoms with Crippen molar-refractivity contribution in [3.63, 3.8) is 0 Å². The maximum absolute atomic E-state index is 12.9. The second-order valence-electron chi connectivity index (χ2n) is 3.41. The van der Waals surface area contributed by atoms with Crippen LogP contribution in [-0.4, -0.2) is 11.3 Å². The summed E-state index contributed by atoms with van der Waals surface area (Å²) in [5.41, 5.74) is 1.22. The van der Waals surface area contributed by atoms with Crippen molar-refractivity contribution >= 4 is 27.8 Å². The third-order valence-corrected chi connectivity index (χ3v) is 2.82. The van der Waals surface area contributed by atoms with Crippen molar-refractivity contribution in [2.24, 2.45) is 4.99 Å². The average molecular weight is 294 g/mol. The lowest BCUT2D eigenvalue weighted by Crippen LogP contribution is -1.81. The van der Waals surface area contributed by atoms with E-state index in [9.17, 15) is 9.50 Å². The molecule has 0 heterocycles. The first-order valence-corrected chi connectivity index (χ1v) is 5.73. The van der Waals surface area contributed by atoms with Crippen molar-refractivity contribution < 1.29 is 9.50 Å². The predicted octanol–water partition coefficient (Wildman–Crippen LogP) is 4.04. The van der Waals surface area contributed by atoms with Gasteiger partial charge >= 0.3 is 0 Å². The summed E-state index contributed by atoms with van der Waals surface area (Å²) in [5.74, 6) is -0.159. The molecule has 0 radical (unpaired) electrons. The summed E-state index contributed by atoms with van der Waals surface area (Å²) in [5, 5.41) is 9.54. The van der Waals surface area contributed by atoms with Crippen LogP contribution in [0.5, 0.6) is 5.75 Å². The normalized spacial score (nSPS) is 10.9. The third kappa shape index (κ3) is 2.91. The molecule has 0 saturated carbocycles. The second kappa shape index (κ2) is 5.10. The number of hydrogen-bond donors (Lipinski definition) is 1. The van der Waals surface area contributed by atoms with E-state index in [2.05, 4.69) is 20.9 Å². The zero-order chi connectivity index (χ0) is 12.3. The Kier molecular flexibility index (Phi) is 3.54. The van der Waals surface area contributed by atoms with Gasteiger partial charge in [0.1, 0.15) is 11.6 Å². The fourth-order valence-electron chi connectivity index (χ4n) is 1.32. The molecular formula is C13H9BrFNO. The van der Waals surface area contributed by atoms with E-state index in [4.69, 9.17) is 0 Å². The van der Waals surface area contributed by atoms with E-state index in [1.807, 2.05) is 0 Å². The molecule has 0 atom stereocenters. The van der Waals surface area contributed by atoms with Crippen LogP contribution in [-0.2, 0) is 0 Å². The monoisotopic (exact) mass is 293 g/mol. The molecule has 0 aliphatic heterocycles. The Labute approximate surface area is 107 Å². The summed E-state index contributed by atoms with van der Waals surface area (Å²) in [7, 11) is 0. The molecule has 2 rings (SSSR count). The maximum Gasteiger partial charge on any atom is 0.124 e. The molecule has 0 unspecified atom stereocenters. The van der Waals surface area contributed by atoms with Crippen LogP contribution in [0.3, 0.4) is 0 Å². The molecule has 17 heavy (non-hydrogen) atoms. The molecule has 2 aromatic carbocycles. The number of benzene rings is 2. The van der Waals surface area contributed by atoms with E-state index < -0.39 is 0 Å². The smallest absolute Gasteiger partial charge is 0.124 e. The fraction of sp³-hybridized carbons (Fsp3) is 0. The maximum atomic E-state index is 12.9. The summed E-state index contributed by atoms with van der Waals surface area (Å²) in [4.78, 5) is 4.18. The third-order valence-electron chi connectivity index (χ3n) is 2.19. The number of aromatic hydroxyl groups is 1. The van der Waals surface area contributed by atoms with Crippen LogP contribution in [0.4, 0.5) is 10.1 Å². The van der Waals surface area contributed by atoms with Gasteiger partial charge in [0.05, 0.1) is 5.69 Å². The van der Waals surface area contributed by atoms with Crippen molar-refractivity contribution in [3.05, 3.63) is 58.3 Å². The molecular weight excluding hydrogens is 285 g/mol. The first-order valence-electron chi connectivity index (χ1n) is 4.94. The summed E-state index contributed by atoms with van der Waals surface area (Å²) in [6.45, 7) is 0. The van der Waals surface area contributed by atoms with Crippen molar-refractivity contribution in [1.29, 1.82) is 0 Å². The molecule has 2 aromatic rings. The van der Waals surface area contributed by atoms with Crippen LogP contribution in [0.2, 0.25) is 0 Å². The topological polar surface area (TPSA) is 32.6 Å². The number of hydrogen-bond acceptors (Lipinski definition) is 2. The molecule has 1 N–H and O–H groups in total. The van der Waals surface area contributed by atoms with Gasteiger partial charge in [0, 0.05) is 16.3 Å². The molecule has 0 bridgehead atoms. The Morgan fingerprint density at radius 1 is 1.18 bits per heavy atom. The molecule has 2 nitrogen and oxygen atoms in total. The number of halogens is 2. The van der Waals surface area contributed by atoms with E-state index in [0.29, 0.717) is 15.7 Å². The van der Waals surface area contributed by atoms with E-state index in [1.54, 1.807) is 30.3 Å². The zero-order valence-electron chi connectivity index (χ0n) is 8.77. The lowest BCUT2D eigenvalue weighted by atomic mass is 10.2. The SMILES string of the molecule is Oc1ccccc1C=Nc1ccc(F)cc1Br. The second-order valence-corrected chi connectivity index (χ2v) is 4.27. The fourth-order valence-corrected chi connectivity index (χ4v) is 1.77. The van der Waals surface area contributed by atoms with Gasteiger partial charge < -0.3 is 5.11 Å². The van der Waals surface area contributed by atoms with Gasteiger partial charge in [0.2, 0.25) is 0 Å². The van der Waals surface area contributed by atoms with Crippen molar-refractivity contribution in [1.82, 2.24) is 0 Å².